The van der Waals surface area contributed by atoms with Crippen LogP contribution in [-0.4, -0.2) is 27.1 Å². The van der Waals surface area contributed by atoms with E-state index in [9.17, 15) is 0 Å². The van der Waals surface area contributed by atoms with Crippen molar-refractivity contribution in [1.82, 2.24) is 4.98 Å². The van der Waals surface area contributed by atoms with Gasteiger partial charge in [-0.15, -0.1) is 0 Å². The molecule has 0 saturated heterocycles. The molecule has 0 atom stereocenters. The van der Waals surface area contributed by atoms with E-state index < -0.39 is 11.9 Å². The lowest BCUT2D eigenvalue weighted by atomic mass is 10.2. The van der Waals surface area contributed by atoms with E-state index in [0.717, 1.165) is 19.4 Å². The average Bonchev–Trinajstić information content (AvgIpc) is 2.28. The molecule has 0 radical (unpaired) electrons. The second-order valence-corrected chi connectivity index (χ2v) is 3.23. The molecule has 0 spiro atoms. The Labute approximate surface area is 105 Å². The number of hydrogen-bond acceptors (Lipinski definition) is 3. The lowest BCUT2D eigenvalue weighted by molar-refractivity contribution is -0.135. The molecule has 0 fully saturated rings. The van der Waals surface area contributed by atoms with Crippen LogP contribution in [0.15, 0.2) is 42.6 Å². The van der Waals surface area contributed by atoms with E-state index in [-0.39, 0.29) is 0 Å². The van der Waals surface area contributed by atoms with Gasteiger partial charge in [0.15, 0.2) is 0 Å². The number of aliphatic carboxylic acids is 2. The van der Waals surface area contributed by atoms with Gasteiger partial charge in [-0.05, 0) is 12.1 Å². The summed E-state index contributed by atoms with van der Waals surface area (Å²) in [5.41, 5.74) is 1.06. The van der Waals surface area contributed by atoms with Gasteiger partial charge in [0.05, 0.1) is 5.52 Å². The fraction of sp³-hybridized carbons (Fsp3) is 0.154. The van der Waals surface area contributed by atoms with Gasteiger partial charge in [0.25, 0.3) is 11.9 Å². The molecule has 0 bridgehead atoms. The topological polar surface area (TPSA) is 87.5 Å². The van der Waals surface area contributed by atoms with Crippen molar-refractivity contribution < 1.29 is 19.8 Å². The van der Waals surface area contributed by atoms with Crippen molar-refractivity contribution in [2.75, 3.05) is 0 Å². The van der Waals surface area contributed by atoms with Gasteiger partial charge in [-0.25, -0.2) is 0 Å². The van der Waals surface area contributed by atoms with Gasteiger partial charge >= 0.3 is 0 Å². The first kappa shape index (κ1) is 15.6. The van der Waals surface area contributed by atoms with Gasteiger partial charge in [0.2, 0.25) is 0 Å². The maximum Gasteiger partial charge on any atom is 0.300 e. The van der Waals surface area contributed by atoms with Crippen LogP contribution in [0.1, 0.15) is 13.8 Å². The summed E-state index contributed by atoms with van der Waals surface area (Å²) in [4.78, 5) is 22.2. The van der Waals surface area contributed by atoms with Crippen molar-refractivity contribution in [3.63, 3.8) is 0 Å². The number of para-hydroxylation sites is 1. The van der Waals surface area contributed by atoms with Gasteiger partial charge in [-0.2, -0.15) is 0 Å². The number of pyridine rings is 1. The Morgan fingerprint density at radius 3 is 1.89 bits per heavy atom. The van der Waals surface area contributed by atoms with Crippen LogP contribution in [0, 0.1) is 0 Å². The Morgan fingerprint density at radius 2 is 1.39 bits per heavy atom. The molecule has 1 aromatic carbocycles. The van der Waals surface area contributed by atoms with Gasteiger partial charge in [-0.3, -0.25) is 14.6 Å². The van der Waals surface area contributed by atoms with Crippen LogP contribution >= 0.6 is 0 Å². The molecule has 0 aliphatic carbocycles. The summed E-state index contributed by atoms with van der Waals surface area (Å²) in [5, 5.41) is 16.0. The van der Waals surface area contributed by atoms with E-state index in [0.29, 0.717) is 0 Å². The average molecular weight is 249 g/mol. The fourth-order valence-corrected chi connectivity index (χ4v) is 1.02. The molecule has 2 aromatic rings. The zero-order chi connectivity index (χ0) is 14.0. The standard InChI is InChI=1S/C9H7N.2C2H4O2/c1-2-6-9-8(4-1)5-3-7-10-9;2*1-2(3)4/h1-7H;2*1H3,(H,3,4). The number of fused-ring (bicyclic) bond motifs is 1. The highest BCUT2D eigenvalue weighted by Crippen LogP contribution is 2.07. The number of carboxylic acids is 2. The molecule has 0 unspecified atom stereocenters. The highest BCUT2D eigenvalue weighted by atomic mass is 16.4. The summed E-state index contributed by atoms with van der Waals surface area (Å²) in [6.45, 7) is 2.17. The predicted molar refractivity (Wildman–Crippen MR) is 68.4 cm³/mol. The van der Waals surface area contributed by atoms with Crippen LogP contribution in [0.25, 0.3) is 10.9 Å². The second-order valence-electron chi connectivity index (χ2n) is 3.23. The lowest BCUT2D eigenvalue weighted by Gasteiger charge is -1.91. The van der Waals surface area contributed by atoms with Crippen LogP contribution in [0.3, 0.4) is 0 Å². The normalized spacial score (nSPS) is 8.33. The minimum atomic E-state index is -0.833. The number of carboxylic acid groups (broad SMARTS) is 2. The highest BCUT2D eigenvalue weighted by molar-refractivity contribution is 5.77. The first-order valence-electron chi connectivity index (χ1n) is 5.12. The van der Waals surface area contributed by atoms with Crippen LogP contribution in [0.4, 0.5) is 0 Å². The Morgan fingerprint density at radius 1 is 0.944 bits per heavy atom. The first-order valence-corrected chi connectivity index (χ1v) is 5.12. The molecule has 1 heterocycles. The maximum absolute atomic E-state index is 9.00. The third-order valence-corrected chi connectivity index (χ3v) is 1.51. The number of aromatic nitrogens is 1. The van der Waals surface area contributed by atoms with E-state index in [1.807, 2.05) is 30.5 Å². The van der Waals surface area contributed by atoms with Crippen molar-refractivity contribution in [1.29, 1.82) is 0 Å². The minimum absolute atomic E-state index is 0.833. The van der Waals surface area contributed by atoms with E-state index in [1.165, 1.54) is 5.39 Å². The monoisotopic (exact) mass is 249 g/mol. The highest BCUT2D eigenvalue weighted by Gasteiger charge is 1.86. The van der Waals surface area contributed by atoms with E-state index in [4.69, 9.17) is 19.8 Å². The predicted octanol–water partition coefficient (Wildman–Crippen LogP) is 2.42. The summed E-state index contributed by atoms with van der Waals surface area (Å²) in [6.07, 6.45) is 1.81. The zero-order valence-electron chi connectivity index (χ0n) is 10.2. The minimum Gasteiger partial charge on any atom is -0.481 e. The van der Waals surface area contributed by atoms with E-state index >= 15 is 0 Å². The number of benzene rings is 1. The molecule has 2 rings (SSSR count). The van der Waals surface area contributed by atoms with Crippen molar-refractivity contribution in [2.45, 2.75) is 13.8 Å². The third-order valence-electron chi connectivity index (χ3n) is 1.51. The van der Waals surface area contributed by atoms with E-state index in [2.05, 4.69) is 17.1 Å². The van der Waals surface area contributed by atoms with Crippen molar-refractivity contribution in [2.24, 2.45) is 0 Å². The molecule has 0 aliphatic heterocycles. The lowest BCUT2D eigenvalue weighted by Crippen LogP contribution is -1.78. The van der Waals surface area contributed by atoms with Crippen molar-refractivity contribution in [3.05, 3.63) is 42.6 Å². The van der Waals surface area contributed by atoms with Crippen LogP contribution in [0.5, 0.6) is 0 Å². The molecule has 18 heavy (non-hydrogen) atoms. The van der Waals surface area contributed by atoms with Gasteiger partial charge < -0.3 is 10.2 Å². The summed E-state index contributed by atoms with van der Waals surface area (Å²) in [7, 11) is 0. The maximum atomic E-state index is 9.00. The molecule has 0 aliphatic rings. The molecule has 1 aromatic heterocycles. The molecular formula is C13H15NO4. The molecule has 0 saturated carbocycles. The summed E-state index contributed by atoms with van der Waals surface area (Å²) in [6, 6.07) is 12.1. The summed E-state index contributed by atoms with van der Waals surface area (Å²) < 4.78 is 0. The Bertz CT molecular complexity index is 426. The Balaban J connectivity index is 0.000000307. The largest absolute Gasteiger partial charge is 0.481 e. The first-order chi connectivity index (χ1) is 8.43. The number of nitrogens with zero attached hydrogens (tertiary/aromatic N) is 1. The summed E-state index contributed by atoms with van der Waals surface area (Å²) >= 11 is 0. The number of carbonyl (C=O) groups is 2. The van der Waals surface area contributed by atoms with Gasteiger partial charge in [0.1, 0.15) is 0 Å². The number of rotatable bonds is 0. The quantitative estimate of drug-likeness (QED) is 0.748. The molecule has 5 heteroatoms. The fourth-order valence-electron chi connectivity index (χ4n) is 1.02. The molecular weight excluding hydrogens is 234 g/mol. The molecule has 0 amide bonds. The molecule has 5 nitrogen and oxygen atoms in total. The Kier molecular flexibility index (Phi) is 7.52. The SMILES string of the molecule is CC(=O)O.CC(=O)O.c1ccc2ncccc2c1. The zero-order valence-corrected chi connectivity index (χ0v) is 10.2. The van der Waals surface area contributed by atoms with Crippen molar-refractivity contribution >= 4 is 22.8 Å². The molecule has 96 valence electrons. The van der Waals surface area contributed by atoms with Crippen molar-refractivity contribution in [3.8, 4) is 0 Å². The number of hydrogen-bond donors (Lipinski definition) is 2. The van der Waals surface area contributed by atoms with Crippen LogP contribution in [-0.2, 0) is 9.59 Å². The second kappa shape index (κ2) is 8.69. The summed E-state index contributed by atoms with van der Waals surface area (Å²) in [5.74, 6) is -1.67. The van der Waals surface area contributed by atoms with Crippen LogP contribution < -0.4 is 0 Å². The smallest absolute Gasteiger partial charge is 0.300 e. The van der Waals surface area contributed by atoms with E-state index in [1.54, 1.807) is 0 Å². The van der Waals surface area contributed by atoms with Gasteiger partial charge in [0, 0.05) is 25.4 Å². The Hall–Kier alpha value is -2.43. The van der Waals surface area contributed by atoms with Gasteiger partial charge in [-0.1, -0.05) is 24.3 Å². The third kappa shape index (κ3) is 8.84. The van der Waals surface area contributed by atoms with Crippen LogP contribution in [0.2, 0.25) is 0 Å². The molecule has 2 N–H and O–H groups in total.